The second kappa shape index (κ2) is 15.8. The third-order valence-corrected chi connectivity index (χ3v) is 7.15. The number of hydrogen-bond donors (Lipinski definition) is 6. The summed E-state index contributed by atoms with van der Waals surface area (Å²) < 4.78 is 0. The molecule has 1 saturated carbocycles. The van der Waals surface area contributed by atoms with Gasteiger partial charge in [-0.1, -0.05) is 43.5 Å². The van der Waals surface area contributed by atoms with Crippen LogP contribution in [0.3, 0.4) is 0 Å². The number of carbonyl (C=O) groups excluding carboxylic acids is 3. The molecule has 1 aliphatic heterocycles. The smallest absolute Gasteiger partial charge is 0.300 e. The van der Waals surface area contributed by atoms with Gasteiger partial charge in [-0.05, 0) is 56.7 Å². The maximum atomic E-state index is 13.5. The highest BCUT2D eigenvalue weighted by Gasteiger charge is 2.36. The summed E-state index contributed by atoms with van der Waals surface area (Å²) in [5, 5.41) is 24.4. The minimum Gasteiger partial charge on any atom is -0.481 e. The molecule has 1 aromatic rings. The van der Waals surface area contributed by atoms with Crippen molar-refractivity contribution in [3.63, 3.8) is 0 Å². The maximum Gasteiger partial charge on any atom is 0.300 e. The Morgan fingerprint density at radius 3 is 2.10 bits per heavy atom. The standard InChI is InChI=1S/C26H40N6O3.C2H4O2/c1-32(2)26(35)21(16-17-8-10-19(11-9-17)23(27)28)24(33)31-22(18-6-4-3-5-7-18)25(34)30-20-12-14-29-15-13-20;1-2(3)4/h8-11,18,20-22,29H,3-7,12-16H2,1-2H3,(H3,27,28)(H,30,34)(H,31,33);1H3,(H,3,4)/t21?,22-;/m0./s1. The summed E-state index contributed by atoms with van der Waals surface area (Å²) in [6.45, 7) is 2.82. The molecule has 0 aromatic heterocycles. The molecule has 216 valence electrons. The second-order valence-electron chi connectivity index (χ2n) is 10.5. The molecule has 0 bridgehead atoms. The van der Waals surface area contributed by atoms with Crippen LogP contribution in [0.15, 0.2) is 24.3 Å². The molecule has 1 heterocycles. The molecular formula is C28H44N6O5. The van der Waals surface area contributed by atoms with Crippen LogP contribution in [0.1, 0.15) is 63.0 Å². The molecule has 1 unspecified atom stereocenters. The third-order valence-electron chi connectivity index (χ3n) is 7.15. The number of benzene rings is 1. The number of amidine groups is 1. The number of nitrogens with zero attached hydrogens (tertiary/aromatic N) is 1. The number of hydrogen-bond acceptors (Lipinski definition) is 6. The van der Waals surface area contributed by atoms with Crippen LogP contribution in [-0.2, 0) is 25.6 Å². The van der Waals surface area contributed by atoms with Crippen molar-refractivity contribution in [1.29, 1.82) is 5.41 Å². The van der Waals surface area contributed by atoms with E-state index in [-0.39, 0.29) is 36.0 Å². The van der Waals surface area contributed by atoms with E-state index in [1.54, 1.807) is 38.4 Å². The number of nitrogen functional groups attached to an aromatic ring is 1. The van der Waals surface area contributed by atoms with Gasteiger partial charge in [0.25, 0.3) is 5.97 Å². The molecule has 1 aliphatic carbocycles. The van der Waals surface area contributed by atoms with Gasteiger partial charge in [-0.15, -0.1) is 0 Å². The normalized spacial score (nSPS) is 17.5. The summed E-state index contributed by atoms with van der Waals surface area (Å²) in [6.07, 6.45) is 6.96. The Morgan fingerprint density at radius 1 is 1.03 bits per heavy atom. The molecule has 1 saturated heterocycles. The van der Waals surface area contributed by atoms with Gasteiger partial charge in [0, 0.05) is 32.6 Å². The molecule has 7 N–H and O–H groups in total. The number of carbonyl (C=O) groups is 4. The fraction of sp³-hybridized carbons (Fsp3) is 0.607. The lowest BCUT2D eigenvalue weighted by Gasteiger charge is -2.33. The summed E-state index contributed by atoms with van der Waals surface area (Å²) in [4.78, 5) is 50.3. The molecule has 39 heavy (non-hydrogen) atoms. The number of aliphatic carboxylic acids is 1. The van der Waals surface area contributed by atoms with Gasteiger partial charge in [-0.25, -0.2) is 0 Å². The van der Waals surface area contributed by atoms with Crippen LogP contribution in [0.4, 0.5) is 0 Å². The number of piperidine rings is 1. The predicted octanol–water partition coefficient (Wildman–Crippen LogP) is 1.24. The van der Waals surface area contributed by atoms with E-state index >= 15 is 0 Å². The van der Waals surface area contributed by atoms with Gasteiger partial charge in [0.15, 0.2) is 0 Å². The zero-order chi connectivity index (χ0) is 28.9. The zero-order valence-corrected chi connectivity index (χ0v) is 23.3. The first kappa shape index (κ1) is 31.7. The molecule has 2 aliphatic rings. The molecule has 2 atom stereocenters. The maximum absolute atomic E-state index is 13.5. The highest BCUT2D eigenvalue weighted by molar-refractivity contribution is 6.02. The minimum absolute atomic E-state index is 0.0368. The summed E-state index contributed by atoms with van der Waals surface area (Å²) in [5.41, 5.74) is 6.91. The summed E-state index contributed by atoms with van der Waals surface area (Å²) in [7, 11) is 3.26. The van der Waals surface area contributed by atoms with Crippen LogP contribution in [0.25, 0.3) is 0 Å². The van der Waals surface area contributed by atoms with E-state index in [0.29, 0.717) is 5.56 Å². The van der Waals surface area contributed by atoms with Gasteiger partial charge in [0.2, 0.25) is 17.7 Å². The number of carboxylic acids is 1. The Labute approximate surface area is 230 Å². The lowest BCUT2D eigenvalue weighted by molar-refractivity contribution is -0.142. The first-order valence-corrected chi connectivity index (χ1v) is 13.6. The highest BCUT2D eigenvalue weighted by Crippen LogP contribution is 2.27. The van der Waals surface area contributed by atoms with Crippen LogP contribution in [-0.4, -0.2) is 78.8 Å². The number of rotatable bonds is 9. The lowest BCUT2D eigenvalue weighted by atomic mass is 9.83. The summed E-state index contributed by atoms with van der Waals surface area (Å²) in [6, 6.07) is 6.44. The van der Waals surface area contributed by atoms with Gasteiger partial charge in [0.1, 0.15) is 17.8 Å². The van der Waals surface area contributed by atoms with Crippen molar-refractivity contribution in [3.8, 4) is 0 Å². The molecule has 3 rings (SSSR count). The number of amides is 3. The second-order valence-corrected chi connectivity index (χ2v) is 10.5. The Kier molecular flexibility index (Phi) is 12.9. The average Bonchev–Trinajstić information content (AvgIpc) is 2.90. The fourth-order valence-corrected chi connectivity index (χ4v) is 5.04. The van der Waals surface area contributed by atoms with Crippen LogP contribution in [0.2, 0.25) is 0 Å². The van der Waals surface area contributed by atoms with Gasteiger partial charge >= 0.3 is 0 Å². The van der Waals surface area contributed by atoms with E-state index in [4.69, 9.17) is 21.0 Å². The van der Waals surface area contributed by atoms with E-state index in [9.17, 15) is 14.4 Å². The summed E-state index contributed by atoms with van der Waals surface area (Å²) >= 11 is 0. The minimum atomic E-state index is -0.953. The van der Waals surface area contributed by atoms with E-state index in [0.717, 1.165) is 70.5 Å². The first-order chi connectivity index (χ1) is 18.5. The molecule has 0 radical (unpaired) electrons. The third kappa shape index (κ3) is 10.7. The van der Waals surface area contributed by atoms with E-state index < -0.39 is 23.8 Å². The molecule has 1 aromatic carbocycles. The molecule has 2 fully saturated rings. The SMILES string of the molecule is CC(=O)O.CN(C)C(=O)C(Cc1ccc(C(=N)N)cc1)C(=O)N[C@H](C(=O)NC1CCNCC1)C1CCCCC1. The Hall–Kier alpha value is -3.47. The lowest BCUT2D eigenvalue weighted by Crippen LogP contribution is -2.56. The quantitative estimate of drug-likeness (QED) is 0.154. The Morgan fingerprint density at radius 2 is 1.59 bits per heavy atom. The van der Waals surface area contributed by atoms with Crippen molar-refractivity contribution in [1.82, 2.24) is 20.9 Å². The number of carboxylic acid groups (broad SMARTS) is 1. The van der Waals surface area contributed by atoms with Gasteiger partial charge in [-0.3, -0.25) is 24.6 Å². The van der Waals surface area contributed by atoms with Crippen molar-refractivity contribution in [2.75, 3.05) is 27.2 Å². The van der Waals surface area contributed by atoms with Gasteiger partial charge in [0.05, 0.1) is 0 Å². The summed E-state index contributed by atoms with van der Waals surface area (Å²) in [5.74, 6) is -2.62. The predicted molar refractivity (Wildman–Crippen MR) is 149 cm³/mol. The van der Waals surface area contributed by atoms with Gasteiger partial charge in [-0.2, -0.15) is 0 Å². The van der Waals surface area contributed by atoms with E-state index in [2.05, 4.69) is 16.0 Å². The molecule has 0 spiro atoms. The van der Waals surface area contributed by atoms with Crippen molar-refractivity contribution < 1.29 is 24.3 Å². The Bertz CT molecular complexity index is 981. The molecule has 11 heteroatoms. The van der Waals surface area contributed by atoms with Crippen LogP contribution in [0, 0.1) is 17.2 Å². The zero-order valence-electron chi connectivity index (χ0n) is 23.3. The van der Waals surface area contributed by atoms with Crippen molar-refractivity contribution >= 4 is 29.5 Å². The highest BCUT2D eigenvalue weighted by atomic mass is 16.4. The number of nitrogens with two attached hydrogens (primary N) is 1. The first-order valence-electron chi connectivity index (χ1n) is 13.6. The molecule has 3 amide bonds. The van der Waals surface area contributed by atoms with E-state index in [1.807, 2.05) is 0 Å². The van der Waals surface area contributed by atoms with Crippen molar-refractivity contribution in [2.24, 2.45) is 17.6 Å². The number of nitrogens with one attached hydrogen (secondary N) is 4. The van der Waals surface area contributed by atoms with Crippen LogP contribution < -0.4 is 21.7 Å². The Balaban J connectivity index is 0.00000124. The topological polar surface area (TPSA) is 178 Å². The van der Waals surface area contributed by atoms with Crippen LogP contribution in [0.5, 0.6) is 0 Å². The average molecular weight is 545 g/mol. The monoisotopic (exact) mass is 544 g/mol. The molecule has 11 nitrogen and oxygen atoms in total. The van der Waals surface area contributed by atoms with Crippen molar-refractivity contribution in [2.45, 2.75) is 70.4 Å². The van der Waals surface area contributed by atoms with Crippen molar-refractivity contribution in [3.05, 3.63) is 35.4 Å². The van der Waals surface area contributed by atoms with Crippen LogP contribution >= 0.6 is 0 Å². The van der Waals surface area contributed by atoms with E-state index in [1.165, 1.54) is 4.90 Å². The molecular weight excluding hydrogens is 500 g/mol. The van der Waals surface area contributed by atoms with Gasteiger partial charge < -0.3 is 31.7 Å². The largest absolute Gasteiger partial charge is 0.481 e. The fourth-order valence-electron chi connectivity index (χ4n) is 5.04.